The first kappa shape index (κ1) is 20.9. The van der Waals surface area contributed by atoms with Gasteiger partial charge in [-0.25, -0.2) is 4.98 Å². The average molecular weight is 425 g/mol. The van der Waals surface area contributed by atoms with Crippen molar-refractivity contribution in [3.8, 4) is 11.5 Å². The third kappa shape index (κ3) is 5.86. The lowest BCUT2D eigenvalue weighted by Gasteiger charge is -2.13. The van der Waals surface area contributed by atoms with Crippen LogP contribution in [0.25, 0.3) is 0 Å². The van der Waals surface area contributed by atoms with Gasteiger partial charge in [0.15, 0.2) is 0 Å². The fourth-order valence-corrected chi connectivity index (χ4v) is 3.02. The second-order valence-electron chi connectivity index (χ2n) is 7.17. The van der Waals surface area contributed by atoms with Gasteiger partial charge in [0.05, 0.1) is 11.9 Å². The maximum absolute atomic E-state index is 12.9. The van der Waals surface area contributed by atoms with Crippen molar-refractivity contribution in [1.29, 1.82) is 0 Å². The summed E-state index contributed by atoms with van der Waals surface area (Å²) >= 11 is 0. The smallest absolute Gasteiger partial charge is 0.257 e. The monoisotopic (exact) mass is 425 g/mol. The molecule has 0 spiro atoms. The molecule has 0 fully saturated rings. The minimum Gasteiger partial charge on any atom is -0.489 e. The number of amides is 1. The summed E-state index contributed by atoms with van der Waals surface area (Å²) in [6, 6.07) is 28.1. The van der Waals surface area contributed by atoms with E-state index in [-0.39, 0.29) is 5.91 Å². The summed E-state index contributed by atoms with van der Waals surface area (Å²) in [5.74, 6) is 1.16. The zero-order valence-electron chi connectivity index (χ0n) is 17.4. The van der Waals surface area contributed by atoms with E-state index in [1.807, 2.05) is 60.7 Å². The van der Waals surface area contributed by atoms with Gasteiger partial charge in [0.1, 0.15) is 30.5 Å². The number of carbonyl (C=O) groups is 1. The van der Waals surface area contributed by atoms with Crippen molar-refractivity contribution in [3.05, 3.63) is 114 Å². The zero-order chi connectivity index (χ0) is 22.2. The molecule has 0 aliphatic heterocycles. The van der Waals surface area contributed by atoms with E-state index in [1.165, 1.54) is 6.20 Å². The van der Waals surface area contributed by atoms with E-state index in [0.29, 0.717) is 41.8 Å². The van der Waals surface area contributed by atoms with Crippen LogP contribution in [-0.4, -0.2) is 10.9 Å². The molecule has 3 N–H and O–H groups in total. The lowest BCUT2D eigenvalue weighted by molar-refractivity contribution is 0.102. The van der Waals surface area contributed by atoms with Gasteiger partial charge in [0.25, 0.3) is 5.91 Å². The SMILES string of the molecule is Nc1ccc(NC(=O)c2cc(OCc3ccccc3)cc(OCc3ccccc3)c2)nc1. The maximum atomic E-state index is 12.9. The lowest BCUT2D eigenvalue weighted by atomic mass is 10.1. The third-order valence-electron chi connectivity index (χ3n) is 4.67. The molecule has 0 aliphatic carbocycles. The van der Waals surface area contributed by atoms with Crippen LogP contribution < -0.4 is 20.5 Å². The highest BCUT2D eigenvalue weighted by Gasteiger charge is 2.12. The number of nitrogens with one attached hydrogen (secondary N) is 1. The number of nitrogens with zero attached hydrogens (tertiary/aromatic N) is 1. The van der Waals surface area contributed by atoms with Crippen molar-refractivity contribution in [3.63, 3.8) is 0 Å². The molecule has 4 rings (SSSR count). The minimum atomic E-state index is -0.322. The minimum absolute atomic E-state index is 0.322. The molecular weight excluding hydrogens is 402 g/mol. The topological polar surface area (TPSA) is 86.5 Å². The Morgan fingerprint density at radius 3 is 1.84 bits per heavy atom. The normalized spacial score (nSPS) is 10.4. The van der Waals surface area contributed by atoms with Crippen molar-refractivity contribution in [2.45, 2.75) is 13.2 Å². The standard InChI is InChI=1S/C26H23N3O3/c27-22-11-12-25(28-16-22)29-26(30)21-13-23(31-17-19-7-3-1-4-8-19)15-24(14-21)32-18-20-9-5-2-6-10-20/h1-16H,17-18,27H2,(H,28,29,30). The van der Waals surface area contributed by atoms with Gasteiger partial charge in [-0.2, -0.15) is 0 Å². The van der Waals surface area contributed by atoms with Gasteiger partial charge in [-0.1, -0.05) is 60.7 Å². The molecule has 1 heterocycles. The Labute approximate surface area is 186 Å². The first-order chi connectivity index (χ1) is 15.7. The number of anilines is 2. The molecule has 3 aromatic carbocycles. The Hall–Kier alpha value is -4.32. The Morgan fingerprint density at radius 1 is 0.781 bits per heavy atom. The second-order valence-corrected chi connectivity index (χ2v) is 7.17. The number of rotatable bonds is 8. The van der Waals surface area contributed by atoms with E-state index in [1.54, 1.807) is 30.3 Å². The van der Waals surface area contributed by atoms with E-state index >= 15 is 0 Å². The number of benzene rings is 3. The third-order valence-corrected chi connectivity index (χ3v) is 4.67. The predicted octanol–water partition coefficient (Wildman–Crippen LogP) is 5.07. The Bertz CT molecular complexity index is 1100. The van der Waals surface area contributed by atoms with Gasteiger partial charge in [-0.3, -0.25) is 4.79 Å². The number of hydrogen-bond acceptors (Lipinski definition) is 5. The number of ether oxygens (including phenoxy) is 2. The molecule has 6 nitrogen and oxygen atoms in total. The highest BCUT2D eigenvalue weighted by Crippen LogP contribution is 2.25. The largest absolute Gasteiger partial charge is 0.489 e. The Kier molecular flexibility index (Phi) is 6.63. The number of carbonyl (C=O) groups excluding carboxylic acids is 1. The molecule has 160 valence electrons. The summed E-state index contributed by atoms with van der Waals surface area (Å²) in [5, 5.41) is 2.77. The summed E-state index contributed by atoms with van der Waals surface area (Å²) in [7, 11) is 0. The molecule has 32 heavy (non-hydrogen) atoms. The van der Waals surface area contributed by atoms with Crippen molar-refractivity contribution in [2.24, 2.45) is 0 Å². The summed E-state index contributed by atoms with van der Waals surface area (Å²) < 4.78 is 11.9. The molecule has 0 radical (unpaired) electrons. The zero-order valence-corrected chi connectivity index (χ0v) is 17.4. The molecular formula is C26H23N3O3. The molecule has 0 saturated carbocycles. The first-order valence-corrected chi connectivity index (χ1v) is 10.2. The summed E-state index contributed by atoms with van der Waals surface area (Å²) in [5.41, 5.74) is 8.64. The van der Waals surface area contributed by atoms with E-state index < -0.39 is 0 Å². The van der Waals surface area contributed by atoms with E-state index in [9.17, 15) is 4.79 Å². The van der Waals surface area contributed by atoms with Gasteiger partial charge in [-0.15, -0.1) is 0 Å². The number of hydrogen-bond donors (Lipinski definition) is 2. The molecule has 0 unspecified atom stereocenters. The van der Waals surface area contributed by atoms with Crippen molar-refractivity contribution in [2.75, 3.05) is 11.1 Å². The van der Waals surface area contributed by atoms with Crippen LogP contribution in [0.15, 0.2) is 97.2 Å². The molecule has 4 aromatic rings. The van der Waals surface area contributed by atoms with Crippen LogP contribution in [0.4, 0.5) is 11.5 Å². The van der Waals surface area contributed by atoms with Crippen LogP contribution in [0.3, 0.4) is 0 Å². The van der Waals surface area contributed by atoms with E-state index in [4.69, 9.17) is 15.2 Å². The molecule has 1 aromatic heterocycles. The van der Waals surface area contributed by atoms with Gasteiger partial charge >= 0.3 is 0 Å². The molecule has 1 amide bonds. The van der Waals surface area contributed by atoms with Gasteiger partial charge in [-0.05, 0) is 35.4 Å². The van der Waals surface area contributed by atoms with Crippen molar-refractivity contribution < 1.29 is 14.3 Å². The van der Waals surface area contributed by atoms with Gasteiger partial charge in [0, 0.05) is 11.6 Å². The van der Waals surface area contributed by atoms with Crippen LogP contribution in [0.5, 0.6) is 11.5 Å². The summed E-state index contributed by atoms with van der Waals surface area (Å²) in [6.07, 6.45) is 1.49. The molecule has 0 atom stereocenters. The quantitative estimate of drug-likeness (QED) is 0.411. The fraction of sp³-hybridized carbons (Fsp3) is 0.0769. The van der Waals surface area contributed by atoms with E-state index in [2.05, 4.69) is 10.3 Å². The fourth-order valence-electron chi connectivity index (χ4n) is 3.02. The summed E-state index contributed by atoms with van der Waals surface area (Å²) in [4.78, 5) is 17.0. The number of pyridine rings is 1. The average Bonchev–Trinajstić information content (AvgIpc) is 2.84. The van der Waals surface area contributed by atoms with Gasteiger partial charge < -0.3 is 20.5 Å². The first-order valence-electron chi connectivity index (χ1n) is 10.2. The predicted molar refractivity (Wildman–Crippen MR) is 125 cm³/mol. The van der Waals surface area contributed by atoms with Gasteiger partial charge in [0.2, 0.25) is 0 Å². The Balaban J connectivity index is 1.53. The van der Waals surface area contributed by atoms with Crippen LogP contribution in [0, 0.1) is 0 Å². The Morgan fingerprint density at radius 2 is 1.34 bits per heavy atom. The number of nitrogen functional groups attached to an aromatic ring is 1. The second kappa shape index (κ2) is 10.1. The van der Waals surface area contributed by atoms with Crippen LogP contribution >= 0.6 is 0 Å². The van der Waals surface area contributed by atoms with Crippen LogP contribution in [0.1, 0.15) is 21.5 Å². The molecule has 0 saturated heterocycles. The van der Waals surface area contributed by atoms with Crippen LogP contribution in [-0.2, 0) is 13.2 Å². The molecule has 0 bridgehead atoms. The maximum Gasteiger partial charge on any atom is 0.257 e. The van der Waals surface area contributed by atoms with E-state index in [0.717, 1.165) is 11.1 Å². The molecule has 0 aliphatic rings. The summed E-state index contributed by atoms with van der Waals surface area (Å²) in [6.45, 7) is 0.757. The number of nitrogens with two attached hydrogens (primary N) is 1. The highest BCUT2D eigenvalue weighted by molar-refractivity contribution is 6.04. The van der Waals surface area contributed by atoms with Crippen LogP contribution in [0.2, 0.25) is 0 Å². The van der Waals surface area contributed by atoms with Crippen molar-refractivity contribution >= 4 is 17.4 Å². The lowest BCUT2D eigenvalue weighted by Crippen LogP contribution is -2.13. The molecule has 6 heteroatoms. The van der Waals surface area contributed by atoms with Crippen molar-refractivity contribution in [1.82, 2.24) is 4.98 Å². The number of aromatic nitrogens is 1. The highest BCUT2D eigenvalue weighted by atomic mass is 16.5.